The number of hydrogen-bond acceptors (Lipinski definition) is 3. The summed E-state index contributed by atoms with van der Waals surface area (Å²) in [6.45, 7) is 8.71. The highest BCUT2D eigenvalue weighted by Gasteiger charge is 2.48. The molecule has 1 amide bonds. The zero-order chi connectivity index (χ0) is 15.7. The molecule has 120 valence electrons. The quantitative estimate of drug-likeness (QED) is 0.933. The zero-order valence-electron chi connectivity index (χ0n) is 13.7. The molecule has 0 spiro atoms. The number of benzene rings is 1. The van der Waals surface area contributed by atoms with Gasteiger partial charge in [-0.15, -0.1) is 0 Å². The third-order valence-electron chi connectivity index (χ3n) is 4.39. The van der Waals surface area contributed by atoms with Gasteiger partial charge in [0.1, 0.15) is 5.60 Å². The minimum atomic E-state index is -0.439. The van der Waals surface area contributed by atoms with Gasteiger partial charge in [0, 0.05) is 25.7 Å². The van der Waals surface area contributed by atoms with Gasteiger partial charge >= 0.3 is 6.09 Å². The molecule has 0 radical (unpaired) electrons. The summed E-state index contributed by atoms with van der Waals surface area (Å²) in [5.41, 5.74) is 0.892. The molecule has 1 aliphatic carbocycles. The molecule has 22 heavy (non-hydrogen) atoms. The van der Waals surface area contributed by atoms with Crippen molar-refractivity contribution in [2.45, 2.75) is 45.4 Å². The minimum absolute atomic E-state index is 0.220. The van der Waals surface area contributed by atoms with Crippen LogP contribution in [0, 0.1) is 11.8 Å². The third kappa shape index (κ3) is 4.01. The van der Waals surface area contributed by atoms with Crippen LogP contribution in [0.5, 0.6) is 0 Å². The summed E-state index contributed by atoms with van der Waals surface area (Å²) in [5.74, 6) is 1.37. The van der Waals surface area contributed by atoms with Gasteiger partial charge in [0.05, 0.1) is 0 Å². The van der Waals surface area contributed by atoms with E-state index >= 15 is 0 Å². The molecule has 0 aromatic heterocycles. The van der Waals surface area contributed by atoms with Crippen molar-refractivity contribution >= 4 is 6.09 Å². The Kier molecular flexibility index (Phi) is 4.13. The normalized spacial score (nSPS) is 27.9. The molecule has 0 unspecified atom stereocenters. The Morgan fingerprint density at radius 3 is 2.68 bits per heavy atom. The number of alkyl carbamates (subject to hydrolysis) is 1. The second-order valence-electron chi connectivity index (χ2n) is 7.59. The van der Waals surface area contributed by atoms with Crippen molar-refractivity contribution in [3.63, 3.8) is 0 Å². The molecule has 2 aliphatic rings. The zero-order valence-corrected chi connectivity index (χ0v) is 13.7. The van der Waals surface area contributed by atoms with E-state index in [2.05, 4.69) is 34.5 Å². The summed E-state index contributed by atoms with van der Waals surface area (Å²) < 4.78 is 5.39. The average molecular weight is 302 g/mol. The maximum Gasteiger partial charge on any atom is 0.407 e. The van der Waals surface area contributed by atoms with Crippen LogP contribution in [0.25, 0.3) is 0 Å². The van der Waals surface area contributed by atoms with Crippen LogP contribution in [0.1, 0.15) is 32.8 Å². The molecule has 1 heterocycles. The Morgan fingerprint density at radius 1 is 1.27 bits per heavy atom. The lowest BCUT2D eigenvalue weighted by atomic mass is 10.0. The largest absolute Gasteiger partial charge is 0.444 e. The van der Waals surface area contributed by atoms with Gasteiger partial charge in [0.2, 0.25) is 0 Å². The number of carbonyl (C=O) groups excluding carboxylic acids is 1. The van der Waals surface area contributed by atoms with E-state index in [4.69, 9.17) is 4.74 Å². The van der Waals surface area contributed by atoms with Crippen LogP contribution >= 0.6 is 0 Å². The number of ether oxygens (including phenoxy) is 1. The van der Waals surface area contributed by atoms with Crippen LogP contribution in [0.4, 0.5) is 4.79 Å². The van der Waals surface area contributed by atoms with Gasteiger partial charge in [-0.1, -0.05) is 30.3 Å². The maximum absolute atomic E-state index is 12.0. The molecule has 1 saturated carbocycles. The SMILES string of the molecule is CC(C)(C)OC(=O)N[C@@H]1CN(Cc2ccccc2)C[C@@H]2C[C@@H]21. The molecule has 1 aromatic carbocycles. The van der Waals surface area contributed by atoms with E-state index in [0.717, 1.165) is 25.6 Å². The van der Waals surface area contributed by atoms with Crippen LogP contribution in [-0.4, -0.2) is 35.7 Å². The van der Waals surface area contributed by atoms with E-state index in [9.17, 15) is 4.79 Å². The smallest absolute Gasteiger partial charge is 0.407 e. The van der Waals surface area contributed by atoms with Gasteiger partial charge in [-0.25, -0.2) is 4.79 Å². The van der Waals surface area contributed by atoms with Crippen molar-refractivity contribution in [1.82, 2.24) is 10.2 Å². The van der Waals surface area contributed by atoms with E-state index in [-0.39, 0.29) is 12.1 Å². The molecule has 3 rings (SSSR count). The number of nitrogens with one attached hydrogen (secondary N) is 1. The van der Waals surface area contributed by atoms with Crippen molar-refractivity contribution in [3.8, 4) is 0 Å². The molecule has 1 N–H and O–H groups in total. The average Bonchev–Trinajstić information content (AvgIpc) is 3.17. The topological polar surface area (TPSA) is 41.6 Å². The first-order valence-electron chi connectivity index (χ1n) is 8.16. The standard InChI is InChI=1S/C18H26N2O2/c1-18(2,3)22-17(21)19-16-12-20(11-14-9-15(14)16)10-13-7-5-4-6-8-13/h4-8,14-16H,9-12H2,1-3H3,(H,19,21)/t14-,15-,16+/m0/s1. The lowest BCUT2D eigenvalue weighted by molar-refractivity contribution is 0.0463. The first kappa shape index (κ1) is 15.3. The molecule has 4 heteroatoms. The number of nitrogens with zero attached hydrogens (tertiary/aromatic N) is 1. The lowest BCUT2D eigenvalue weighted by Crippen LogP contribution is -2.50. The molecule has 3 atom stereocenters. The van der Waals surface area contributed by atoms with Gasteiger partial charge < -0.3 is 10.1 Å². The predicted octanol–water partition coefficient (Wildman–Crippen LogP) is 3.03. The van der Waals surface area contributed by atoms with Crippen molar-refractivity contribution in [1.29, 1.82) is 0 Å². The third-order valence-corrected chi connectivity index (χ3v) is 4.39. The van der Waals surface area contributed by atoms with Gasteiger partial charge in [0.15, 0.2) is 0 Å². The molecule has 1 aliphatic heterocycles. The maximum atomic E-state index is 12.0. The van der Waals surface area contributed by atoms with Crippen LogP contribution in [-0.2, 0) is 11.3 Å². The number of hydrogen-bond donors (Lipinski definition) is 1. The summed E-state index contributed by atoms with van der Waals surface area (Å²) in [6.07, 6.45) is 0.941. The second kappa shape index (κ2) is 5.92. The highest BCUT2D eigenvalue weighted by Crippen LogP contribution is 2.45. The summed E-state index contributed by atoms with van der Waals surface area (Å²) in [6, 6.07) is 10.7. The van der Waals surface area contributed by atoms with E-state index in [1.165, 1.54) is 12.0 Å². The number of rotatable bonds is 3. The van der Waals surface area contributed by atoms with Crippen molar-refractivity contribution < 1.29 is 9.53 Å². The van der Waals surface area contributed by atoms with Gasteiger partial charge in [-0.05, 0) is 44.6 Å². The lowest BCUT2D eigenvalue weighted by Gasteiger charge is -2.33. The fourth-order valence-corrected chi connectivity index (χ4v) is 3.38. The van der Waals surface area contributed by atoms with E-state index in [0.29, 0.717) is 5.92 Å². The fraction of sp³-hybridized carbons (Fsp3) is 0.611. The fourth-order valence-electron chi connectivity index (χ4n) is 3.38. The van der Waals surface area contributed by atoms with Crippen LogP contribution < -0.4 is 5.32 Å². The number of likely N-dealkylation sites (tertiary alicyclic amines) is 1. The number of carbonyl (C=O) groups is 1. The van der Waals surface area contributed by atoms with E-state index < -0.39 is 5.60 Å². The summed E-state index contributed by atoms with van der Waals surface area (Å²) in [4.78, 5) is 14.5. The second-order valence-corrected chi connectivity index (χ2v) is 7.59. The Morgan fingerprint density at radius 2 is 2.00 bits per heavy atom. The minimum Gasteiger partial charge on any atom is -0.444 e. The summed E-state index contributed by atoms with van der Waals surface area (Å²) in [5, 5.41) is 3.08. The number of fused-ring (bicyclic) bond motifs is 1. The summed E-state index contributed by atoms with van der Waals surface area (Å²) >= 11 is 0. The van der Waals surface area contributed by atoms with Crippen LogP contribution in [0.3, 0.4) is 0 Å². The molecule has 2 fully saturated rings. The first-order chi connectivity index (χ1) is 10.4. The predicted molar refractivity (Wildman–Crippen MR) is 86.5 cm³/mol. The Balaban J connectivity index is 1.56. The molecular weight excluding hydrogens is 276 g/mol. The van der Waals surface area contributed by atoms with Gasteiger partial charge in [0.25, 0.3) is 0 Å². The van der Waals surface area contributed by atoms with Gasteiger partial charge in [-0.3, -0.25) is 4.90 Å². The molecule has 1 aromatic rings. The van der Waals surface area contributed by atoms with Crippen molar-refractivity contribution in [2.24, 2.45) is 11.8 Å². The Labute approximate surface area is 132 Å². The number of amides is 1. The molecule has 4 nitrogen and oxygen atoms in total. The number of piperidine rings is 1. The summed E-state index contributed by atoms with van der Waals surface area (Å²) in [7, 11) is 0. The van der Waals surface area contributed by atoms with Crippen LogP contribution in [0.2, 0.25) is 0 Å². The molecule has 0 bridgehead atoms. The Hall–Kier alpha value is -1.55. The van der Waals surface area contributed by atoms with E-state index in [1.54, 1.807) is 0 Å². The van der Waals surface area contributed by atoms with Crippen molar-refractivity contribution in [3.05, 3.63) is 35.9 Å². The highest BCUT2D eigenvalue weighted by atomic mass is 16.6. The van der Waals surface area contributed by atoms with Gasteiger partial charge in [-0.2, -0.15) is 0 Å². The van der Waals surface area contributed by atoms with E-state index in [1.807, 2.05) is 26.8 Å². The molecular formula is C18H26N2O2. The first-order valence-corrected chi connectivity index (χ1v) is 8.16. The van der Waals surface area contributed by atoms with Crippen molar-refractivity contribution in [2.75, 3.05) is 13.1 Å². The molecule has 1 saturated heterocycles. The highest BCUT2D eigenvalue weighted by molar-refractivity contribution is 5.68. The van der Waals surface area contributed by atoms with Crippen LogP contribution in [0.15, 0.2) is 30.3 Å². The monoisotopic (exact) mass is 302 g/mol. The Bertz CT molecular complexity index is 524.